The van der Waals surface area contributed by atoms with Crippen molar-refractivity contribution in [3.8, 4) is 0 Å². The minimum absolute atomic E-state index is 0.0316. The fraction of sp³-hybridized carbons (Fsp3) is 0.714. The highest BCUT2D eigenvalue weighted by molar-refractivity contribution is 5.74. The quantitative estimate of drug-likeness (QED) is 0.628. The van der Waals surface area contributed by atoms with Gasteiger partial charge in [0.05, 0.1) is 13.2 Å². The van der Waals surface area contributed by atoms with Gasteiger partial charge < -0.3 is 29.1 Å². The van der Waals surface area contributed by atoms with E-state index in [2.05, 4.69) is 34.1 Å². The number of hydrogen-bond acceptors (Lipinski definition) is 5. The summed E-state index contributed by atoms with van der Waals surface area (Å²) in [5, 5.41) is 0. The molecule has 1 aromatic carbocycles. The zero-order valence-electron chi connectivity index (χ0n) is 21.7. The van der Waals surface area contributed by atoms with Gasteiger partial charge >= 0.3 is 12.1 Å². The maximum Gasteiger partial charge on any atom is 0.410 e. The van der Waals surface area contributed by atoms with Crippen molar-refractivity contribution in [2.24, 2.45) is 0 Å². The standard InChI is InChI=1S/C28H40N4O4/c1-29(2)26(33)31-17-20-5-3-4-6-25(20)28(19-31)10-12-30(13-11-28)23-15-21-7-8-22(16-23)32(21)27(34)36-24-9-14-35-18-24/h3-6,21-24H,7-19H2,1-2H3. The van der Waals surface area contributed by atoms with E-state index in [0.29, 0.717) is 37.9 Å². The average molecular weight is 497 g/mol. The summed E-state index contributed by atoms with van der Waals surface area (Å²) in [6, 6.07) is 9.96. The van der Waals surface area contributed by atoms with Crippen molar-refractivity contribution < 1.29 is 19.1 Å². The van der Waals surface area contributed by atoms with Crippen molar-refractivity contribution in [3.63, 3.8) is 0 Å². The highest BCUT2D eigenvalue weighted by Crippen LogP contribution is 2.44. The van der Waals surface area contributed by atoms with Crippen LogP contribution in [0.2, 0.25) is 0 Å². The van der Waals surface area contributed by atoms with Crippen molar-refractivity contribution >= 4 is 12.1 Å². The Morgan fingerprint density at radius 2 is 1.75 bits per heavy atom. The second-order valence-electron chi connectivity index (χ2n) is 11.8. The lowest BCUT2D eigenvalue weighted by molar-refractivity contribution is 0.00625. The van der Waals surface area contributed by atoms with Crippen LogP contribution in [0.25, 0.3) is 0 Å². The molecule has 6 rings (SSSR count). The molecule has 5 heterocycles. The first-order chi connectivity index (χ1) is 17.4. The van der Waals surface area contributed by atoms with Crippen molar-refractivity contribution in [3.05, 3.63) is 35.4 Å². The van der Waals surface area contributed by atoms with Crippen LogP contribution in [0.5, 0.6) is 0 Å². The van der Waals surface area contributed by atoms with Gasteiger partial charge in [0, 0.05) is 57.1 Å². The fourth-order valence-corrected chi connectivity index (χ4v) is 7.60. The number of benzene rings is 1. The van der Waals surface area contributed by atoms with Gasteiger partial charge in [-0.2, -0.15) is 0 Å². The summed E-state index contributed by atoms with van der Waals surface area (Å²) >= 11 is 0. The monoisotopic (exact) mass is 496 g/mol. The van der Waals surface area contributed by atoms with Gasteiger partial charge in [-0.3, -0.25) is 0 Å². The van der Waals surface area contributed by atoms with E-state index < -0.39 is 0 Å². The van der Waals surface area contributed by atoms with Crippen LogP contribution in [0.1, 0.15) is 56.1 Å². The minimum atomic E-state index is -0.126. The Hall–Kier alpha value is -2.32. The maximum atomic E-state index is 12.9. The molecular weight excluding hydrogens is 456 g/mol. The first-order valence-corrected chi connectivity index (χ1v) is 13.8. The van der Waals surface area contributed by atoms with Crippen LogP contribution >= 0.6 is 0 Å². The van der Waals surface area contributed by atoms with E-state index in [1.165, 1.54) is 11.1 Å². The second-order valence-corrected chi connectivity index (χ2v) is 11.8. The summed E-state index contributed by atoms with van der Waals surface area (Å²) in [5.74, 6) is 0. The zero-order valence-corrected chi connectivity index (χ0v) is 21.7. The SMILES string of the molecule is CN(C)C(=O)N1Cc2ccccc2C2(CCN(C3CC4CCC(C3)N4C(=O)OC3CCOC3)CC2)C1. The molecule has 3 unspecified atom stereocenters. The third-order valence-corrected chi connectivity index (χ3v) is 9.44. The van der Waals surface area contributed by atoms with Crippen LogP contribution in [0.4, 0.5) is 9.59 Å². The largest absolute Gasteiger partial charge is 0.444 e. The molecule has 0 aliphatic carbocycles. The molecule has 4 saturated heterocycles. The minimum Gasteiger partial charge on any atom is -0.444 e. The number of fused-ring (bicyclic) bond motifs is 4. The van der Waals surface area contributed by atoms with E-state index in [-0.39, 0.29) is 23.6 Å². The van der Waals surface area contributed by atoms with Crippen molar-refractivity contribution in [1.29, 1.82) is 0 Å². The Morgan fingerprint density at radius 1 is 1.03 bits per heavy atom. The van der Waals surface area contributed by atoms with Crippen LogP contribution in [0.15, 0.2) is 24.3 Å². The molecule has 0 N–H and O–H groups in total. The van der Waals surface area contributed by atoms with Gasteiger partial charge in [0.25, 0.3) is 0 Å². The Morgan fingerprint density at radius 3 is 2.42 bits per heavy atom. The van der Waals surface area contributed by atoms with Crippen LogP contribution < -0.4 is 0 Å². The van der Waals surface area contributed by atoms with Crippen molar-refractivity contribution in [2.75, 3.05) is 46.9 Å². The third kappa shape index (κ3) is 4.26. The van der Waals surface area contributed by atoms with E-state index in [4.69, 9.17) is 9.47 Å². The molecule has 8 heteroatoms. The zero-order chi connectivity index (χ0) is 24.9. The molecule has 0 saturated carbocycles. The Kier molecular flexibility index (Phi) is 6.36. The summed E-state index contributed by atoms with van der Waals surface area (Å²) in [6.07, 6.45) is 7.01. The normalized spacial score (nSPS) is 31.4. The van der Waals surface area contributed by atoms with Crippen LogP contribution in [0.3, 0.4) is 0 Å². The molecular formula is C28H40N4O4. The van der Waals surface area contributed by atoms with Gasteiger partial charge in [-0.15, -0.1) is 0 Å². The topological polar surface area (TPSA) is 65.6 Å². The molecule has 0 aromatic heterocycles. The summed E-state index contributed by atoms with van der Waals surface area (Å²) in [6.45, 7) is 4.82. The fourth-order valence-electron chi connectivity index (χ4n) is 7.60. The Bertz CT molecular complexity index is 972. The van der Waals surface area contributed by atoms with Gasteiger partial charge in [-0.25, -0.2) is 9.59 Å². The number of carbonyl (C=O) groups excluding carboxylic acids is 2. The van der Waals surface area contributed by atoms with Crippen LogP contribution in [-0.4, -0.2) is 103 Å². The Labute approximate surface area is 214 Å². The van der Waals surface area contributed by atoms with E-state index in [9.17, 15) is 9.59 Å². The van der Waals surface area contributed by atoms with Crippen molar-refractivity contribution in [1.82, 2.24) is 19.6 Å². The lowest BCUT2D eigenvalue weighted by Gasteiger charge is -2.51. The van der Waals surface area contributed by atoms with E-state index >= 15 is 0 Å². The van der Waals surface area contributed by atoms with Crippen molar-refractivity contribution in [2.45, 2.75) is 81.1 Å². The lowest BCUT2D eigenvalue weighted by Crippen LogP contribution is -2.58. The molecule has 2 bridgehead atoms. The number of nitrogens with zero attached hydrogens (tertiary/aromatic N) is 4. The average Bonchev–Trinajstić information content (AvgIpc) is 3.49. The van der Waals surface area contributed by atoms with Crippen LogP contribution in [-0.2, 0) is 21.4 Å². The van der Waals surface area contributed by atoms with Gasteiger partial charge in [0.1, 0.15) is 6.10 Å². The van der Waals surface area contributed by atoms with E-state index in [1.807, 2.05) is 19.0 Å². The maximum absolute atomic E-state index is 12.9. The van der Waals surface area contributed by atoms with E-state index in [0.717, 1.165) is 64.6 Å². The second kappa shape index (κ2) is 9.53. The molecule has 3 atom stereocenters. The first kappa shape index (κ1) is 24.0. The smallest absolute Gasteiger partial charge is 0.410 e. The number of ether oxygens (including phenoxy) is 2. The molecule has 0 radical (unpaired) electrons. The van der Waals surface area contributed by atoms with Gasteiger partial charge in [-0.1, -0.05) is 24.3 Å². The van der Waals surface area contributed by atoms with E-state index in [1.54, 1.807) is 4.90 Å². The number of likely N-dealkylation sites (tertiary alicyclic amines) is 1. The third-order valence-electron chi connectivity index (χ3n) is 9.44. The molecule has 3 amide bonds. The molecule has 8 nitrogen and oxygen atoms in total. The van der Waals surface area contributed by atoms with Gasteiger partial charge in [-0.05, 0) is 62.7 Å². The molecule has 1 spiro atoms. The van der Waals surface area contributed by atoms with Gasteiger partial charge in [0.2, 0.25) is 0 Å². The number of piperidine rings is 2. The molecule has 1 aromatic rings. The molecule has 36 heavy (non-hydrogen) atoms. The molecule has 5 aliphatic rings. The summed E-state index contributed by atoms with van der Waals surface area (Å²) < 4.78 is 11.2. The molecule has 4 fully saturated rings. The molecule has 5 aliphatic heterocycles. The summed E-state index contributed by atoms with van der Waals surface area (Å²) in [5.41, 5.74) is 2.77. The highest BCUT2D eigenvalue weighted by Gasteiger charge is 2.49. The summed E-state index contributed by atoms with van der Waals surface area (Å²) in [7, 11) is 3.69. The predicted molar refractivity (Wildman–Crippen MR) is 136 cm³/mol. The predicted octanol–water partition coefficient (Wildman–Crippen LogP) is 3.44. The molecule has 196 valence electrons. The van der Waals surface area contributed by atoms with Crippen LogP contribution in [0, 0.1) is 0 Å². The number of amides is 3. The number of hydrogen-bond donors (Lipinski definition) is 0. The lowest BCUT2D eigenvalue weighted by atomic mass is 9.68. The number of carbonyl (C=O) groups is 2. The summed E-state index contributed by atoms with van der Waals surface area (Å²) in [4.78, 5) is 34.3. The van der Waals surface area contributed by atoms with Gasteiger partial charge in [0.15, 0.2) is 0 Å². The number of rotatable bonds is 2. The first-order valence-electron chi connectivity index (χ1n) is 13.8. The number of urea groups is 1. The highest BCUT2D eigenvalue weighted by atomic mass is 16.6. The Balaban J connectivity index is 1.12.